The highest BCUT2D eigenvalue weighted by molar-refractivity contribution is 5.84. The van der Waals surface area contributed by atoms with Gasteiger partial charge in [0.2, 0.25) is 0 Å². The molecule has 0 spiro atoms. The normalized spacial score (nSPS) is 12.1. The first-order chi connectivity index (χ1) is 17.4. The molecule has 0 amide bonds. The van der Waals surface area contributed by atoms with Crippen LogP contribution in [-0.4, -0.2) is 0 Å². The van der Waals surface area contributed by atoms with Gasteiger partial charge in [-0.15, -0.1) is 0 Å². The van der Waals surface area contributed by atoms with Crippen LogP contribution in [0.1, 0.15) is 30.0 Å². The summed E-state index contributed by atoms with van der Waals surface area (Å²) in [6, 6.07) is 10.3. The number of aryl methyl sites for hydroxylation is 1. The molecule has 37 heavy (non-hydrogen) atoms. The third-order valence-electron chi connectivity index (χ3n) is 5.53. The summed E-state index contributed by atoms with van der Waals surface area (Å²) < 4.78 is 123. The van der Waals surface area contributed by atoms with Crippen LogP contribution >= 0.6 is 0 Å². The fourth-order valence-electron chi connectivity index (χ4n) is 3.70. The van der Waals surface area contributed by atoms with Gasteiger partial charge in [-0.2, -0.15) is 17.6 Å². The van der Waals surface area contributed by atoms with Gasteiger partial charge in [0, 0.05) is 6.07 Å². The van der Waals surface area contributed by atoms with Gasteiger partial charge in [-0.3, -0.25) is 0 Å². The molecule has 0 saturated carbocycles. The molecule has 4 aromatic rings. The predicted octanol–water partition coefficient (Wildman–Crippen LogP) is 8.61. The smallest absolute Gasteiger partial charge is 0.429 e. The average molecular weight is 526 g/mol. The number of alkyl halides is 4. The summed E-state index contributed by atoms with van der Waals surface area (Å²) in [4.78, 5) is 0. The second-order valence-electron chi connectivity index (χ2n) is 8.19. The Balaban J connectivity index is 1.57. The van der Waals surface area contributed by atoms with Gasteiger partial charge in [-0.25, -0.2) is 17.6 Å². The Kier molecular flexibility index (Phi) is 7.03. The van der Waals surface area contributed by atoms with E-state index in [0.29, 0.717) is 18.6 Å². The van der Waals surface area contributed by atoms with Crippen molar-refractivity contribution in [1.82, 2.24) is 0 Å². The molecule has 0 saturated heterocycles. The van der Waals surface area contributed by atoms with Crippen LogP contribution in [0.3, 0.4) is 0 Å². The van der Waals surface area contributed by atoms with Gasteiger partial charge in [-0.05, 0) is 65.2 Å². The van der Waals surface area contributed by atoms with Crippen molar-refractivity contribution in [2.24, 2.45) is 0 Å². The van der Waals surface area contributed by atoms with Crippen molar-refractivity contribution in [2.75, 3.05) is 0 Å². The van der Waals surface area contributed by atoms with Gasteiger partial charge < -0.3 is 9.47 Å². The zero-order valence-corrected chi connectivity index (χ0v) is 19.1. The van der Waals surface area contributed by atoms with Crippen molar-refractivity contribution in [3.8, 4) is 11.5 Å². The fourth-order valence-corrected chi connectivity index (χ4v) is 3.70. The maximum Gasteiger partial charge on any atom is 0.429 e. The summed E-state index contributed by atoms with van der Waals surface area (Å²) >= 11 is 0. The van der Waals surface area contributed by atoms with Gasteiger partial charge in [0.15, 0.2) is 23.3 Å². The molecular formula is C27H18F8O2. The minimum Gasteiger partial charge on any atom is -0.429 e. The van der Waals surface area contributed by atoms with Gasteiger partial charge in [0.1, 0.15) is 17.1 Å². The first-order valence-electron chi connectivity index (χ1n) is 11.0. The summed E-state index contributed by atoms with van der Waals surface area (Å²) in [6.45, 7) is 1.73. The van der Waals surface area contributed by atoms with E-state index in [2.05, 4.69) is 9.47 Å². The monoisotopic (exact) mass is 526 g/mol. The van der Waals surface area contributed by atoms with Crippen LogP contribution in [0.25, 0.3) is 10.8 Å². The third-order valence-corrected chi connectivity index (χ3v) is 5.53. The lowest BCUT2D eigenvalue weighted by Crippen LogP contribution is -2.24. The first kappa shape index (κ1) is 26.2. The van der Waals surface area contributed by atoms with Crippen LogP contribution in [0, 0.1) is 23.3 Å². The lowest BCUT2D eigenvalue weighted by molar-refractivity contribution is -0.187. The van der Waals surface area contributed by atoms with E-state index in [-0.39, 0.29) is 22.8 Å². The lowest BCUT2D eigenvalue weighted by atomic mass is 10.0. The zero-order chi connectivity index (χ0) is 27.0. The number of ether oxygens (including phenoxy) is 2. The maximum absolute atomic E-state index is 14.7. The second kappa shape index (κ2) is 9.91. The van der Waals surface area contributed by atoms with Gasteiger partial charge in [-0.1, -0.05) is 31.5 Å². The molecule has 0 aliphatic heterocycles. The Labute approximate surface area is 206 Å². The van der Waals surface area contributed by atoms with Crippen molar-refractivity contribution >= 4 is 10.8 Å². The van der Waals surface area contributed by atoms with Crippen molar-refractivity contribution < 1.29 is 44.6 Å². The van der Waals surface area contributed by atoms with E-state index in [1.807, 2.05) is 0 Å². The van der Waals surface area contributed by atoms with E-state index < -0.39 is 58.1 Å². The number of halogens is 8. The summed E-state index contributed by atoms with van der Waals surface area (Å²) in [5.74, 6) is -6.72. The first-order valence-corrected chi connectivity index (χ1v) is 11.0. The van der Waals surface area contributed by atoms with E-state index >= 15 is 0 Å². The molecule has 194 valence electrons. The second-order valence-corrected chi connectivity index (χ2v) is 8.19. The quantitative estimate of drug-likeness (QED) is 0.214. The van der Waals surface area contributed by atoms with E-state index in [0.717, 1.165) is 42.5 Å². The van der Waals surface area contributed by atoms with Gasteiger partial charge in [0.25, 0.3) is 0 Å². The summed E-state index contributed by atoms with van der Waals surface area (Å²) in [6.07, 6.45) is -7.50. The fraction of sp³-hybridized carbons (Fsp3) is 0.185. The van der Waals surface area contributed by atoms with Crippen LogP contribution in [0.2, 0.25) is 0 Å². The molecule has 10 heteroatoms. The molecule has 0 N–H and O–H groups in total. The topological polar surface area (TPSA) is 18.5 Å². The number of rotatable bonds is 8. The minimum atomic E-state index is -4.23. The predicted molar refractivity (Wildman–Crippen MR) is 120 cm³/mol. The standard InChI is InChI=1S/C27H18F8O2/c1-2-3-15-6-10-21(25(31)24(15)30)27(34,35)37-19-8-5-16-12-18(7-4-17(16)13-19)26(32,33)36-20-9-11-22(28)23(29)14-20/h4-14H,2-3H2,1H3. The third kappa shape index (κ3) is 5.47. The number of hydrogen-bond acceptors (Lipinski definition) is 2. The molecule has 4 rings (SSSR count). The van der Waals surface area contributed by atoms with Crippen LogP contribution in [0.15, 0.2) is 66.7 Å². The summed E-state index contributed by atoms with van der Waals surface area (Å²) in [5, 5.41) is 0.397. The van der Waals surface area contributed by atoms with Gasteiger partial charge >= 0.3 is 12.2 Å². The zero-order valence-electron chi connectivity index (χ0n) is 19.1. The van der Waals surface area contributed by atoms with Crippen LogP contribution in [0.5, 0.6) is 11.5 Å². The molecule has 0 radical (unpaired) electrons. The molecule has 0 heterocycles. The molecule has 0 aliphatic rings. The summed E-state index contributed by atoms with van der Waals surface area (Å²) in [7, 11) is 0. The highest BCUT2D eigenvalue weighted by Crippen LogP contribution is 2.37. The molecule has 2 nitrogen and oxygen atoms in total. The molecular weight excluding hydrogens is 508 g/mol. The van der Waals surface area contributed by atoms with Crippen molar-refractivity contribution in [3.63, 3.8) is 0 Å². The minimum absolute atomic E-state index is 0.0357. The van der Waals surface area contributed by atoms with Crippen LogP contribution in [0.4, 0.5) is 35.1 Å². The Morgan fingerprint density at radius 2 is 1.24 bits per heavy atom. The number of fused-ring (bicyclic) bond motifs is 1. The molecule has 0 bridgehead atoms. The van der Waals surface area contributed by atoms with E-state index in [1.165, 1.54) is 12.1 Å². The Hall–Kier alpha value is -3.82. The van der Waals surface area contributed by atoms with Crippen molar-refractivity contribution in [1.29, 1.82) is 0 Å². The molecule has 0 aromatic heterocycles. The number of benzene rings is 4. The van der Waals surface area contributed by atoms with Crippen LogP contribution in [-0.2, 0) is 18.6 Å². The number of hydrogen-bond donors (Lipinski definition) is 0. The SMILES string of the molecule is CCCc1ccc(C(F)(F)Oc2ccc3cc(C(F)(F)Oc4ccc(F)c(F)c4)ccc3c2)c(F)c1F. The van der Waals surface area contributed by atoms with E-state index in [1.54, 1.807) is 6.92 Å². The van der Waals surface area contributed by atoms with E-state index in [4.69, 9.17) is 0 Å². The Bertz CT molecular complexity index is 1450. The molecule has 0 aliphatic carbocycles. The Morgan fingerprint density at radius 1 is 0.622 bits per heavy atom. The molecule has 0 atom stereocenters. The highest BCUT2D eigenvalue weighted by atomic mass is 19.3. The highest BCUT2D eigenvalue weighted by Gasteiger charge is 2.39. The van der Waals surface area contributed by atoms with Crippen molar-refractivity contribution in [3.05, 3.63) is 107 Å². The largest absolute Gasteiger partial charge is 0.429 e. The molecule has 4 aromatic carbocycles. The molecule has 0 unspecified atom stereocenters. The lowest BCUT2D eigenvalue weighted by Gasteiger charge is -2.20. The molecule has 0 fully saturated rings. The maximum atomic E-state index is 14.7. The van der Waals surface area contributed by atoms with Crippen LogP contribution < -0.4 is 9.47 Å². The van der Waals surface area contributed by atoms with Gasteiger partial charge in [0.05, 0.1) is 5.56 Å². The van der Waals surface area contributed by atoms with E-state index in [9.17, 15) is 35.1 Å². The Morgan fingerprint density at radius 3 is 1.95 bits per heavy atom. The average Bonchev–Trinajstić information content (AvgIpc) is 2.83. The summed E-state index contributed by atoms with van der Waals surface area (Å²) in [5.41, 5.74) is -1.96. The van der Waals surface area contributed by atoms with Crippen molar-refractivity contribution in [2.45, 2.75) is 32.0 Å².